The lowest BCUT2D eigenvalue weighted by molar-refractivity contribution is -0.136. The van der Waals surface area contributed by atoms with Gasteiger partial charge < -0.3 is 9.64 Å². The maximum atomic E-state index is 12.0. The van der Waals surface area contributed by atoms with E-state index in [1.807, 2.05) is 18.0 Å². The minimum absolute atomic E-state index is 0.0351. The maximum Gasteiger partial charge on any atom is 0.248 e. The summed E-state index contributed by atoms with van der Waals surface area (Å²) in [6, 6.07) is 1.92. The van der Waals surface area contributed by atoms with Gasteiger partial charge in [0.15, 0.2) is 0 Å². The summed E-state index contributed by atoms with van der Waals surface area (Å²) in [5.41, 5.74) is 2.67. The molecule has 1 saturated heterocycles. The van der Waals surface area contributed by atoms with Crippen LogP contribution in [-0.4, -0.2) is 57.4 Å². The maximum absolute atomic E-state index is 12.0. The van der Waals surface area contributed by atoms with E-state index in [4.69, 9.17) is 9.72 Å². The molecule has 1 atom stereocenters. The Bertz CT molecular complexity index is 685. The number of nitrogens with zero attached hydrogens (tertiary/aromatic N) is 5. The lowest BCUT2D eigenvalue weighted by Crippen LogP contribution is -2.41. The minimum atomic E-state index is 0.0351. The van der Waals surface area contributed by atoms with Crippen LogP contribution in [0, 0.1) is 0 Å². The van der Waals surface area contributed by atoms with E-state index in [0.717, 1.165) is 36.5 Å². The van der Waals surface area contributed by atoms with Crippen LogP contribution in [-0.2, 0) is 16.6 Å². The van der Waals surface area contributed by atoms with Gasteiger partial charge in [0.05, 0.1) is 17.6 Å². The van der Waals surface area contributed by atoms with E-state index in [1.165, 1.54) is 0 Å². The number of amides is 1. The first-order valence-electron chi connectivity index (χ1n) is 7.76. The van der Waals surface area contributed by atoms with Crippen LogP contribution < -0.4 is 0 Å². The molecule has 1 amide bonds. The average molecular weight is 315 g/mol. The van der Waals surface area contributed by atoms with Gasteiger partial charge in [-0.1, -0.05) is 0 Å². The molecule has 2 aromatic rings. The van der Waals surface area contributed by atoms with Gasteiger partial charge in [-0.15, -0.1) is 0 Å². The molecular weight excluding hydrogens is 294 g/mol. The molecule has 1 fully saturated rings. The highest BCUT2D eigenvalue weighted by Gasteiger charge is 2.26. The molecular formula is C16H21N5O2. The van der Waals surface area contributed by atoms with Gasteiger partial charge in [0.1, 0.15) is 12.3 Å². The Morgan fingerprint density at radius 3 is 3.04 bits per heavy atom. The Kier molecular flexibility index (Phi) is 4.66. The third-order valence-corrected chi connectivity index (χ3v) is 4.20. The van der Waals surface area contributed by atoms with Crippen LogP contribution in [0.3, 0.4) is 0 Å². The molecule has 23 heavy (non-hydrogen) atoms. The van der Waals surface area contributed by atoms with Gasteiger partial charge in [-0.3, -0.25) is 14.5 Å². The molecule has 3 heterocycles. The number of methoxy groups -OCH3 is 1. The van der Waals surface area contributed by atoms with Crippen molar-refractivity contribution >= 4 is 5.91 Å². The Morgan fingerprint density at radius 2 is 2.30 bits per heavy atom. The number of carbonyl (C=O) groups is 1. The lowest BCUT2D eigenvalue weighted by atomic mass is 9.95. The van der Waals surface area contributed by atoms with E-state index in [0.29, 0.717) is 6.54 Å². The number of piperidine rings is 1. The summed E-state index contributed by atoms with van der Waals surface area (Å²) in [6.07, 6.45) is 7.28. The fourth-order valence-corrected chi connectivity index (χ4v) is 2.99. The fourth-order valence-electron chi connectivity index (χ4n) is 2.99. The molecule has 0 unspecified atom stereocenters. The quantitative estimate of drug-likeness (QED) is 0.848. The zero-order chi connectivity index (χ0) is 16.2. The molecule has 0 radical (unpaired) electrons. The van der Waals surface area contributed by atoms with Crippen molar-refractivity contribution in [3.8, 4) is 11.4 Å². The molecule has 0 aliphatic carbocycles. The number of likely N-dealkylation sites (tertiary alicyclic amines) is 1. The zero-order valence-electron chi connectivity index (χ0n) is 13.5. The second-order valence-electron chi connectivity index (χ2n) is 5.78. The first kappa shape index (κ1) is 15.6. The van der Waals surface area contributed by atoms with Crippen molar-refractivity contribution in [3.63, 3.8) is 0 Å². The van der Waals surface area contributed by atoms with Gasteiger partial charge in [-0.25, -0.2) is 4.98 Å². The van der Waals surface area contributed by atoms with Crippen LogP contribution in [0.2, 0.25) is 0 Å². The van der Waals surface area contributed by atoms with Crippen LogP contribution in [0.25, 0.3) is 11.4 Å². The highest BCUT2D eigenvalue weighted by Crippen LogP contribution is 2.26. The van der Waals surface area contributed by atoms with E-state index >= 15 is 0 Å². The summed E-state index contributed by atoms with van der Waals surface area (Å²) in [4.78, 5) is 23.0. The number of aromatic nitrogens is 4. The number of rotatable bonds is 4. The Labute approximate surface area is 135 Å². The Balaban J connectivity index is 1.79. The van der Waals surface area contributed by atoms with Crippen LogP contribution in [0.4, 0.5) is 0 Å². The highest BCUT2D eigenvalue weighted by molar-refractivity contribution is 5.77. The number of hydrogen-bond acceptors (Lipinski definition) is 5. The molecule has 1 aliphatic heterocycles. The van der Waals surface area contributed by atoms with Gasteiger partial charge in [-0.05, 0) is 18.9 Å². The normalized spacial score (nSPS) is 18.2. The van der Waals surface area contributed by atoms with Crippen LogP contribution in [0.15, 0.2) is 24.7 Å². The van der Waals surface area contributed by atoms with Gasteiger partial charge in [-0.2, -0.15) is 5.10 Å². The molecule has 1 aliphatic rings. The summed E-state index contributed by atoms with van der Waals surface area (Å²) in [5.74, 6) is 0.248. The summed E-state index contributed by atoms with van der Waals surface area (Å²) in [6.45, 7) is 1.59. The second kappa shape index (κ2) is 6.87. The average Bonchev–Trinajstić information content (AvgIpc) is 3.01. The van der Waals surface area contributed by atoms with Gasteiger partial charge in [0.25, 0.3) is 0 Å². The molecule has 0 N–H and O–H groups in total. The molecule has 3 rings (SSSR count). The molecule has 0 saturated carbocycles. The van der Waals surface area contributed by atoms with E-state index in [-0.39, 0.29) is 18.4 Å². The lowest BCUT2D eigenvalue weighted by Gasteiger charge is -2.32. The Hall–Kier alpha value is -2.28. The predicted molar refractivity (Wildman–Crippen MR) is 84.7 cm³/mol. The molecule has 7 heteroatoms. The van der Waals surface area contributed by atoms with Crippen molar-refractivity contribution in [2.45, 2.75) is 18.8 Å². The van der Waals surface area contributed by atoms with Crippen LogP contribution in [0.1, 0.15) is 24.5 Å². The largest absolute Gasteiger partial charge is 0.375 e. The first-order chi connectivity index (χ1) is 11.2. The third kappa shape index (κ3) is 3.39. The Morgan fingerprint density at radius 1 is 1.43 bits per heavy atom. The smallest absolute Gasteiger partial charge is 0.248 e. The summed E-state index contributed by atoms with van der Waals surface area (Å²) < 4.78 is 6.73. The first-order valence-corrected chi connectivity index (χ1v) is 7.76. The van der Waals surface area contributed by atoms with Crippen molar-refractivity contribution in [1.82, 2.24) is 24.6 Å². The molecule has 7 nitrogen and oxygen atoms in total. The van der Waals surface area contributed by atoms with Crippen LogP contribution in [0.5, 0.6) is 0 Å². The van der Waals surface area contributed by atoms with E-state index in [1.54, 1.807) is 30.4 Å². The van der Waals surface area contributed by atoms with Crippen molar-refractivity contribution in [3.05, 3.63) is 30.4 Å². The van der Waals surface area contributed by atoms with Crippen molar-refractivity contribution < 1.29 is 9.53 Å². The minimum Gasteiger partial charge on any atom is -0.375 e. The topological polar surface area (TPSA) is 73.1 Å². The number of carbonyl (C=O) groups excluding carboxylic acids is 1. The number of aryl methyl sites for hydroxylation is 1. The molecule has 122 valence electrons. The monoisotopic (exact) mass is 315 g/mol. The molecule has 0 spiro atoms. The summed E-state index contributed by atoms with van der Waals surface area (Å²) >= 11 is 0. The highest BCUT2D eigenvalue weighted by atomic mass is 16.5. The predicted octanol–water partition coefficient (Wildman–Crippen LogP) is 1.23. The van der Waals surface area contributed by atoms with Gasteiger partial charge in [0, 0.05) is 45.6 Å². The summed E-state index contributed by atoms with van der Waals surface area (Å²) in [5, 5.41) is 4.17. The van der Waals surface area contributed by atoms with E-state index in [2.05, 4.69) is 10.1 Å². The second-order valence-corrected chi connectivity index (χ2v) is 5.78. The van der Waals surface area contributed by atoms with Crippen LogP contribution >= 0.6 is 0 Å². The van der Waals surface area contributed by atoms with Crippen molar-refractivity contribution in [2.75, 3.05) is 26.8 Å². The standard InChI is InChI=1S/C16H21N5O2/c1-20-15(5-6-18-20)14-9-17-8-13(19-14)12-4-3-7-21(10-12)16(22)11-23-2/h5-6,8-9,12H,3-4,7,10-11H2,1-2H3/t12-/m0/s1. The van der Waals surface area contributed by atoms with E-state index in [9.17, 15) is 4.79 Å². The summed E-state index contributed by atoms with van der Waals surface area (Å²) in [7, 11) is 3.43. The van der Waals surface area contributed by atoms with Gasteiger partial charge in [0.2, 0.25) is 5.91 Å². The van der Waals surface area contributed by atoms with Crippen molar-refractivity contribution in [2.24, 2.45) is 7.05 Å². The fraction of sp³-hybridized carbons (Fsp3) is 0.500. The third-order valence-electron chi connectivity index (χ3n) is 4.20. The SMILES string of the molecule is COCC(=O)N1CCC[C@H](c2cncc(-c3ccnn3C)n2)C1. The molecule has 0 bridgehead atoms. The van der Waals surface area contributed by atoms with Gasteiger partial charge >= 0.3 is 0 Å². The van der Waals surface area contributed by atoms with E-state index < -0.39 is 0 Å². The number of ether oxygens (including phenoxy) is 1. The molecule has 0 aromatic carbocycles. The van der Waals surface area contributed by atoms with Crippen molar-refractivity contribution in [1.29, 1.82) is 0 Å². The molecule has 2 aromatic heterocycles. The zero-order valence-corrected chi connectivity index (χ0v) is 13.5. The number of hydrogen-bond donors (Lipinski definition) is 0.